The van der Waals surface area contributed by atoms with Gasteiger partial charge in [0.1, 0.15) is 11.9 Å². The Morgan fingerprint density at radius 1 is 1.19 bits per heavy atom. The molecule has 2 fully saturated rings. The third kappa shape index (κ3) is 5.47. The van der Waals surface area contributed by atoms with Crippen molar-refractivity contribution in [3.63, 3.8) is 0 Å². The topological polar surface area (TPSA) is 105 Å². The van der Waals surface area contributed by atoms with E-state index < -0.39 is 21.9 Å². The van der Waals surface area contributed by atoms with E-state index in [9.17, 15) is 22.7 Å². The molecule has 1 saturated carbocycles. The van der Waals surface area contributed by atoms with Gasteiger partial charge in [0.25, 0.3) is 0 Å². The number of halogens is 1. The van der Waals surface area contributed by atoms with Crippen molar-refractivity contribution in [2.75, 3.05) is 13.2 Å². The quantitative estimate of drug-likeness (QED) is 0.602. The van der Waals surface area contributed by atoms with Crippen molar-refractivity contribution in [3.8, 4) is 0 Å². The van der Waals surface area contributed by atoms with Gasteiger partial charge in [-0.1, -0.05) is 0 Å². The van der Waals surface area contributed by atoms with Crippen LogP contribution in [0.3, 0.4) is 0 Å². The number of ether oxygens (including phenoxy) is 1. The first-order chi connectivity index (χ1) is 12.9. The van der Waals surface area contributed by atoms with Crippen LogP contribution in [-0.4, -0.2) is 50.8 Å². The number of benzene rings is 1. The minimum atomic E-state index is -3.70. The molecule has 0 unspecified atom stereocenters. The lowest BCUT2D eigenvalue weighted by atomic mass is 9.97. The smallest absolute Gasteiger partial charge is 0.240 e. The molecule has 1 aromatic rings. The molecule has 9 heteroatoms. The summed E-state index contributed by atoms with van der Waals surface area (Å²) in [4.78, 5) is 11.9. The first kappa shape index (κ1) is 20.2. The van der Waals surface area contributed by atoms with Gasteiger partial charge in [-0.3, -0.25) is 4.79 Å². The van der Waals surface area contributed by atoms with Crippen LogP contribution in [0.15, 0.2) is 29.2 Å². The lowest BCUT2D eigenvalue weighted by Crippen LogP contribution is -2.51. The Kier molecular flexibility index (Phi) is 6.46. The molecule has 3 N–H and O–H groups in total. The largest absolute Gasteiger partial charge is 0.394 e. The van der Waals surface area contributed by atoms with E-state index in [0.29, 0.717) is 19.3 Å². The lowest BCUT2D eigenvalue weighted by Gasteiger charge is -2.36. The van der Waals surface area contributed by atoms with Gasteiger partial charge in [-0.15, -0.1) is 0 Å². The number of aliphatic hydroxyl groups excluding tert-OH is 1. The predicted octanol–water partition coefficient (Wildman–Crippen LogP) is 0.929. The molecular formula is C18H25FN2O5S. The molecule has 0 bridgehead atoms. The Morgan fingerprint density at radius 2 is 1.89 bits per heavy atom. The fraction of sp³-hybridized carbons (Fsp3) is 0.611. The van der Waals surface area contributed by atoms with Crippen LogP contribution < -0.4 is 10.0 Å². The zero-order chi connectivity index (χ0) is 19.4. The molecule has 1 aliphatic carbocycles. The van der Waals surface area contributed by atoms with E-state index in [0.717, 1.165) is 25.0 Å². The summed E-state index contributed by atoms with van der Waals surface area (Å²) in [6.07, 6.45) is 2.94. The minimum Gasteiger partial charge on any atom is -0.394 e. The molecule has 1 amide bonds. The van der Waals surface area contributed by atoms with E-state index in [1.165, 1.54) is 12.1 Å². The Balaban J connectivity index is 1.46. The van der Waals surface area contributed by atoms with Gasteiger partial charge in [0.2, 0.25) is 15.9 Å². The first-order valence-electron chi connectivity index (χ1n) is 9.21. The van der Waals surface area contributed by atoms with Gasteiger partial charge in [-0.25, -0.2) is 17.5 Å². The minimum absolute atomic E-state index is 0.00421. The van der Waals surface area contributed by atoms with Crippen LogP contribution in [0.2, 0.25) is 0 Å². The summed E-state index contributed by atoms with van der Waals surface area (Å²) in [6, 6.07) is 4.41. The number of sulfonamides is 1. The van der Waals surface area contributed by atoms with E-state index in [4.69, 9.17) is 4.74 Å². The van der Waals surface area contributed by atoms with Gasteiger partial charge in [0.05, 0.1) is 23.6 Å². The monoisotopic (exact) mass is 400 g/mol. The Morgan fingerprint density at radius 3 is 2.52 bits per heavy atom. The Bertz CT molecular complexity index is 752. The van der Waals surface area contributed by atoms with Crippen molar-refractivity contribution in [3.05, 3.63) is 30.1 Å². The van der Waals surface area contributed by atoms with E-state index in [2.05, 4.69) is 10.0 Å². The summed E-state index contributed by atoms with van der Waals surface area (Å²) in [7, 11) is -3.70. The normalized spacial score (nSPS) is 25.9. The molecule has 1 aromatic carbocycles. The van der Waals surface area contributed by atoms with E-state index in [1.54, 1.807) is 0 Å². The van der Waals surface area contributed by atoms with Crippen LogP contribution in [0, 0.1) is 11.7 Å². The fourth-order valence-corrected chi connectivity index (χ4v) is 4.25. The lowest BCUT2D eigenvalue weighted by molar-refractivity contribution is -0.129. The Labute approximate surface area is 158 Å². The molecule has 0 spiro atoms. The zero-order valence-electron chi connectivity index (χ0n) is 14.9. The molecule has 0 radical (unpaired) electrons. The second-order valence-electron chi connectivity index (χ2n) is 7.09. The summed E-state index contributed by atoms with van der Waals surface area (Å²) in [5.74, 6) is -0.376. The van der Waals surface area contributed by atoms with Gasteiger partial charge >= 0.3 is 0 Å². The van der Waals surface area contributed by atoms with Gasteiger partial charge in [0.15, 0.2) is 0 Å². The van der Waals surface area contributed by atoms with Crippen molar-refractivity contribution in [2.24, 2.45) is 5.92 Å². The van der Waals surface area contributed by atoms with Crippen LogP contribution in [0.4, 0.5) is 4.39 Å². The number of hydrogen-bond donors (Lipinski definition) is 3. The zero-order valence-corrected chi connectivity index (χ0v) is 15.8. The van der Waals surface area contributed by atoms with Gasteiger partial charge < -0.3 is 15.2 Å². The van der Waals surface area contributed by atoms with Crippen molar-refractivity contribution in [1.29, 1.82) is 0 Å². The average molecular weight is 400 g/mol. The number of rotatable bonds is 8. The SMILES string of the molecule is O=C(N[C@H]1CC[C@H](CCNS(=O)(=O)c2ccc(F)cc2)O[C@@H]1CO)C1CC1. The second kappa shape index (κ2) is 8.64. The Hall–Kier alpha value is -1.55. The van der Waals surface area contributed by atoms with E-state index in [-0.39, 0.29) is 42.0 Å². The third-order valence-corrected chi connectivity index (χ3v) is 6.43. The molecule has 1 heterocycles. The summed E-state index contributed by atoms with van der Waals surface area (Å²) in [6.45, 7) is -0.0327. The second-order valence-corrected chi connectivity index (χ2v) is 8.85. The molecule has 2 aliphatic rings. The summed E-state index contributed by atoms with van der Waals surface area (Å²) < 4.78 is 45.6. The van der Waals surface area contributed by atoms with Crippen LogP contribution in [-0.2, 0) is 19.6 Å². The number of carbonyl (C=O) groups is 1. The fourth-order valence-electron chi connectivity index (χ4n) is 3.21. The van der Waals surface area contributed by atoms with Gasteiger partial charge in [-0.2, -0.15) is 0 Å². The van der Waals surface area contributed by atoms with E-state index >= 15 is 0 Å². The van der Waals surface area contributed by atoms with Crippen molar-refractivity contribution in [1.82, 2.24) is 10.0 Å². The van der Waals surface area contributed by atoms with Crippen LogP contribution in [0.1, 0.15) is 32.1 Å². The number of amides is 1. The van der Waals surface area contributed by atoms with Crippen molar-refractivity contribution in [2.45, 2.75) is 55.2 Å². The molecule has 7 nitrogen and oxygen atoms in total. The molecule has 3 atom stereocenters. The molecule has 150 valence electrons. The highest BCUT2D eigenvalue weighted by molar-refractivity contribution is 7.89. The first-order valence-corrected chi connectivity index (χ1v) is 10.7. The molecular weight excluding hydrogens is 375 g/mol. The highest BCUT2D eigenvalue weighted by atomic mass is 32.2. The number of hydrogen-bond acceptors (Lipinski definition) is 5. The number of carbonyl (C=O) groups excluding carboxylic acids is 1. The highest BCUT2D eigenvalue weighted by Gasteiger charge is 2.36. The average Bonchev–Trinajstić information content (AvgIpc) is 3.48. The molecule has 27 heavy (non-hydrogen) atoms. The number of nitrogens with one attached hydrogen (secondary N) is 2. The molecule has 1 aliphatic heterocycles. The maximum absolute atomic E-state index is 12.9. The van der Waals surface area contributed by atoms with Crippen LogP contribution in [0.25, 0.3) is 0 Å². The van der Waals surface area contributed by atoms with Crippen molar-refractivity contribution < 1.29 is 27.4 Å². The van der Waals surface area contributed by atoms with Crippen LogP contribution >= 0.6 is 0 Å². The standard InChI is InChI=1S/C18H25FN2O5S/c19-13-3-6-15(7-4-13)27(24,25)20-10-9-14-5-8-16(17(11-22)26-14)21-18(23)12-1-2-12/h3-4,6-7,12,14,16-17,20,22H,1-2,5,8-11H2,(H,21,23)/t14-,16+,17-/m1/s1. The van der Waals surface area contributed by atoms with E-state index in [1.807, 2.05) is 0 Å². The highest BCUT2D eigenvalue weighted by Crippen LogP contribution is 2.30. The summed E-state index contributed by atoms with van der Waals surface area (Å²) in [5, 5.41) is 12.5. The van der Waals surface area contributed by atoms with Gasteiger partial charge in [0, 0.05) is 12.5 Å². The predicted molar refractivity (Wildman–Crippen MR) is 95.8 cm³/mol. The summed E-state index contributed by atoms with van der Waals surface area (Å²) >= 11 is 0. The van der Waals surface area contributed by atoms with Gasteiger partial charge in [-0.05, 0) is 56.4 Å². The third-order valence-electron chi connectivity index (χ3n) is 4.95. The number of aliphatic hydroxyl groups is 1. The van der Waals surface area contributed by atoms with Crippen LogP contribution in [0.5, 0.6) is 0 Å². The maximum Gasteiger partial charge on any atom is 0.240 e. The summed E-state index contributed by atoms with van der Waals surface area (Å²) in [5.41, 5.74) is 0. The molecule has 0 aromatic heterocycles. The molecule has 3 rings (SSSR count). The maximum atomic E-state index is 12.9. The van der Waals surface area contributed by atoms with Crippen molar-refractivity contribution >= 4 is 15.9 Å². The molecule has 1 saturated heterocycles.